The molecule has 0 fully saturated rings. The maximum Gasteiger partial charge on any atom is 0.244 e. The Kier molecular flexibility index (Phi) is 4.91. The van der Waals surface area contributed by atoms with E-state index in [-0.39, 0.29) is 11.9 Å². The monoisotopic (exact) mass is 248 g/mol. The Bertz CT molecular complexity index is 397. The summed E-state index contributed by atoms with van der Waals surface area (Å²) in [6.07, 6.45) is 0. The van der Waals surface area contributed by atoms with Gasteiger partial charge in [0.2, 0.25) is 5.91 Å². The molecule has 0 spiro atoms. The summed E-state index contributed by atoms with van der Waals surface area (Å²) in [6, 6.07) is 7.42. The standard InChI is InChI=1S/C15H24N2O/c1-10(2)12(4)17(5)15(18)14(16)13-8-6-11(3)7-9-13/h6-10,12,14H,16H2,1-5H3. The van der Waals surface area contributed by atoms with Crippen LogP contribution in [0.2, 0.25) is 0 Å². The maximum absolute atomic E-state index is 12.3. The third-order valence-electron chi connectivity index (χ3n) is 3.63. The molecule has 1 amide bonds. The van der Waals surface area contributed by atoms with Gasteiger partial charge < -0.3 is 10.6 Å². The van der Waals surface area contributed by atoms with Crippen molar-refractivity contribution in [2.24, 2.45) is 11.7 Å². The second-order valence-corrected chi connectivity index (χ2v) is 5.32. The first-order valence-electron chi connectivity index (χ1n) is 6.43. The number of carbonyl (C=O) groups is 1. The summed E-state index contributed by atoms with van der Waals surface area (Å²) in [5.41, 5.74) is 8.07. The quantitative estimate of drug-likeness (QED) is 0.890. The number of likely N-dealkylation sites (N-methyl/N-ethyl adjacent to an activating group) is 1. The molecule has 18 heavy (non-hydrogen) atoms. The SMILES string of the molecule is Cc1ccc(C(N)C(=O)N(C)C(C)C(C)C)cc1. The van der Waals surface area contributed by atoms with E-state index in [4.69, 9.17) is 5.73 Å². The van der Waals surface area contributed by atoms with Crippen molar-refractivity contribution in [1.82, 2.24) is 4.90 Å². The van der Waals surface area contributed by atoms with Gasteiger partial charge in [-0.2, -0.15) is 0 Å². The van der Waals surface area contributed by atoms with Gasteiger partial charge in [0, 0.05) is 13.1 Å². The van der Waals surface area contributed by atoms with E-state index in [0.29, 0.717) is 5.92 Å². The minimum absolute atomic E-state index is 0.0277. The molecule has 1 aromatic carbocycles. The lowest BCUT2D eigenvalue weighted by molar-refractivity contribution is -0.134. The molecule has 0 heterocycles. The summed E-state index contributed by atoms with van der Waals surface area (Å²) < 4.78 is 0. The summed E-state index contributed by atoms with van der Waals surface area (Å²) in [6.45, 7) is 8.27. The Labute approximate surface area is 110 Å². The number of hydrogen-bond acceptors (Lipinski definition) is 2. The van der Waals surface area contributed by atoms with Crippen LogP contribution in [0.1, 0.15) is 37.9 Å². The zero-order valence-electron chi connectivity index (χ0n) is 12.0. The number of rotatable bonds is 4. The molecule has 1 aromatic rings. The summed E-state index contributed by atoms with van der Waals surface area (Å²) in [5, 5.41) is 0. The predicted molar refractivity (Wildman–Crippen MR) is 75.2 cm³/mol. The van der Waals surface area contributed by atoms with Crippen LogP contribution in [0.5, 0.6) is 0 Å². The Morgan fingerprint density at radius 1 is 1.17 bits per heavy atom. The summed E-state index contributed by atoms with van der Waals surface area (Å²) in [4.78, 5) is 14.0. The van der Waals surface area contributed by atoms with Gasteiger partial charge >= 0.3 is 0 Å². The van der Waals surface area contributed by atoms with Crippen LogP contribution < -0.4 is 5.73 Å². The molecule has 0 saturated carbocycles. The fourth-order valence-corrected chi connectivity index (χ4v) is 1.78. The van der Waals surface area contributed by atoms with Crippen LogP contribution in [0.25, 0.3) is 0 Å². The van der Waals surface area contributed by atoms with Crippen molar-refractivity contribution in [1.29, 1.82) is 0 Å². The van der Waals surface area contributed by atoms with E-state index in [1.165, 1.54) is 5.56 Å². The fourth-order valence-electron chi connectivity index (χ4n) is 1.78. The average molecular weight is 248 g/mol. The second kappa shape index (κ2) is 6.01. The lowest BCUT2D eigenvalue weighted by atomic mass is 10.0. The van der Waals surface area contributed by atoms with E-state index >= 15 is 0 Å². The maximum atomic E-state index is 12.3. The van der Waals surface area contributed by atoms with Crippen molar-refractivity contribution in [3.8, 4) is 0 Å². The molecule has 0 saturated heterocycles. The van der Waals surface area contributed by atoms with Gasteiger partial charge in [-0.3, -0.25) is 4.79 Å². The molecule has 2 unspecified atom stereocenters. The van der Waals surface area contributed by atoms with Crippen LogP contribution in [-0.2, 0) is 4.79 Å². The van der Waals surface area contributed by atoms with Crippen molar-refractivity contribution in [2.75, 3.05) is 7.05 Å². The second-order valence-electron chi connectivity index (χ2n) is 5.32. The molecule has 0 aliphatic rings. The normalized spacial score (nSPS) is 14.4. The van der Waals surface area contributed by atoms with Gasteiger partial charge in [-0.05, 0) is 25.3 Å². The molecule has 3 nitrogen and oxygen atoms in total. The molecule has 0 bridgehead atoms. The molecular weight excluding hydrogens is 224 g/mol. The van der Waals surface area contributed by atoms with Gasteiger partial charge in [-0.1, -0.05) is 43.7 Å². The van der Waals surface area contributed by atoms with Crippen LogP contribution in [-0.4, -0.2) is 23.9 Å². The van der Waals surface area contributed by atoms with Crippen molar-refractivity contribution in [3.05, 3.63) is 35.4 Å². The number of hydrogen-bond donors (Lipinski definition) is 1. The lowest BCUT2D eigenvalue weighted by Crippen LogP contribution is -2.43. The van der Waals surface area contributed by atoms with Gasteiger partial charge in [0.15, 0.2) is 0 Å². The summed E-state index contributed by atoms with van der Waals surface area (Å²) in [7, 11) is 1.82. The molecule has 100 valence electrons. The van der Waals surface area contributed by atoms with Gasteiger partial charge in [-0.25, -0.2) is 0 Å². The van der Waals surface area contributed by atoms with Crippen LogP contribution in [0, 0.1) is 12.8 Å². The van der Waals surface area contributed by atoms with Crippen molar-refractivity contribution < 1.29 is 4.79 Å². The van der Waals surface area contributed by atoms with Crippen LogP contribution in [0.4, 0.5) is 0 Å². The molecule has 0 radical (unpaired) electrons. The average Bonchev–Trinajstić information content (AvgIpc) is 2.36. The molecular formula is C15H24N2O. The van der Waals surface area contributed by atoms with E-state index < -0.39 is 6.04 Å². The number of aryl methyl sites for hydroxylation is 1. The third kappa shape index (κ3) is 3.33. The Morgan fingerprint density at radius 2 is 1.67 bits per heavy atom. The topological polar surface area (TPSA) is 46.3 Å². The van der Waals surface area contributed by atoms with Gasteiger partial charge in [-0.15, -0.1) is 0 Å². The van der Waals surface area contributed by atoms with E-state index in [0.717, 1.165) is 5.56 Å². The molecule has 2 N–H and O–H groups in total. The largest absolute Gasteiger partial charge is 0.341 e. The van der Waals surface area contributed by atoms with E-state index in [1.54, 1.807) is 4.90 Å². The van der Waals surface area contributed by atoms with Gasteiger partial charge in [0.05, 0.1) is 0 Å². The number of carbonyl (C=O) groups excluding carboxylic acids is 1. The number of amides is 1. The number of nitrogens with two attached hydrogens (primary N) is 1. The highest BCUT2D eigenvalue weighted by Gasteiger charge is 2.24. The molecule has 0 aliphatic carbocycles. The summed E-state index contributed by atoms with van der Waals surface area (Å²) in [5.74, 6) is 0.393. The minimum Gasteiger partial charge on any atom is -0.341 e. The fraction of sp³-hybridized carbons (Fsp3) is 0.533. The zero-order valence-corrected chi connectivity index (χ0v) is 12.0. The van der Waals surface area contributed by atoms with Crippen LogP contribution >= 0.6 is 0 Å². The molecule has 3 heteroatoms. The molecule has 0 aromatic heterocycles. The number of nitrogens with zero attached hydrogens (tertiary/aromatic N) is 1. The van der Waals surface area contributed by atoms with Crippen molar-refractivity contribution in [2.45, 2.75) is 39.8 Å². The van der Waals surface area contributed by atoms with E-state index in [1.807, 2.05) is 45.2 Å². The Morgan fingerprint density at radius 3 is 2.11 bits per heavy atom. The van der Waals surface area contributed by atoms with Crippen LogP contribution in [0.3, 0.4) is 0 Å². The van der Waals surface area contributed by atoms with Crippen molar-refractivity contribution in [3.63, 3.8) is 0 Å². The predicted octanol–water partition coefficient (Wildman–Crippen LogP) is 2.50. The molecule has 0 aliphatic heterocycles. The summed E-state index contributed by atoms with van der Waals surface area (Å²) >= 11 is 0. The third-order valence-corrected chi connectivity index (χ3v) is 3.63. The first-order chi connectivity index (χ1) is 8.34. The Hall–Kier alpha value is -1.35. The smallest absolute Gasteiger partial charge is 0.244 e. The highest BCUT2D eigenvalue weighted by molar-refractivity contribution is 5.83. The zero-order chi connectivity index (χ0) is 13.9. The van der Waals surface area contributed by atoms with Crippen molar-refractivity contribution >= 4 is 5.91 Å². The molecule has 2 atom stereocenters. The Balaban J connectivity index is 2.80. The lowest BCUT2D eigenvalue weighted by Gasteiger charge is -2.30. The molecule has 1 rings (SSSR count). The number of benzene rings is 1. The first-order valence-corrected chi connectivity index (χ1v) is 6.43. The van der Waals surface area contributed by atoms with Gasteiger partial charge in [0.1, 0.15) is 6.04 Å². The van der Waals surface area contributed by atoms with E-state index in [2.05, 4.69) is 13.8 Å². The highest BCUT2D eigenvalue weighted by Crippen LogP contribution is 2.17. The van der Waals surface area contributed by atoms with E-state index in [9.17, 15) is 4.79 Å². The first kappa shape index (κ1) is 14.7. The van der Waals surface area contributed by atoms with Crippen LogP contribution in [0.15, 0.2) is 24.3 Å². The van der Waals surface area contributed by atoms with Gasteiger partial charge in [0.25, 0.3) is 0 Å². The highest BCUT2D eigenvalue weighted by atomic mass is 16.2. The minimum atomic E-state index is -0.572.